The molecule has 4 nitrogen and oxygen atoms in total. The molecule has 1 aliphatic rings. The third-order valence-corrected chi connectivity index (χ3v) is 2.40. The van der Waals surface area contributed by atoms with Gasteiger partial charge in [-0.15, -0.1) is 0 Å². The van der Waals surface area contributed by atoms with Crippen LogP contribution < -0.4 is 15.8 Å². The molecule has 1 aliphatic heterocycles. The van der Waals surface area contributed by atoms with Gasteiger partial charge in [0, 0.05) is 5.69 Å². The van der Waals surface area contributed by atoms with Gasteiger partial charge in [-0.05, 0) is 25.1 Å². The van der Waals surface area contributed by atoms with Crippen molar-refractivity contribution in [2.45, 2.75) is 19.1 Å². The molecule has 2 rings (SSSR count). The molecule has 0 amide bonds. The Morgan fingerprint density at radius 1 is 1.57 bits per heavy atom. The first kappa shape index (κ1) is 9.15. The minimum Gasteiger partial charge on any atom is -0.484 e. The molecule has 0 fully saturated rings. The van der Waals surface area contributed by atoms with Gasteiger partial charge in [0.05, 0.1) is 18.3 Å². The van der Waals surface area contributed by atoms with Crippen molar-refractivity contribution in [3.8, 4) is 5.75 Å². The number of nitrogen functional groups attached to an aromatic ring is 1. The number of hydrogen-bond donors (Lipinski definition) is 3. The summed E-state index contributed by atoms with van der Waals surface area (Å²) in [6, 6.07) is 5.52. The van der Waals surface area contributed by atoms with E-state index in [1.54, 1.807) is 6.07 Å². The van der Waals surface area contributed by atoms with Crippen LogP contribution in [0.1, 0.15) is 6.92 Å². The predicted molar refractivity (Wildman–Crippen MR) is 55.4 cm³/mol. The van der Waals surface area contributed by atoms with Gasteiger partial charge in [0.15, 0.2) is 0 Å². The summed E-state index contributed by atoms with van der Waals surface area (Å²) >= 11 is 0. The van der Waals surface area contributed by atoms with Gasteiger partial charge >= 0.3 is 0 Å². The molecular weight excluding hydrogens is 180 g/mol. The lowest BCUT2D eigenvalue weighted by molar-refractivity contribution is 0.0978. The summed E-state index contributed by atoms with van der Waals surface area (Å²) in [6.07, 6.45) is -0.189. The highest BCUT2D eigenvalue weighted by Crippen LogP contribution is 2.32. The number of hydrogen-bond acceptors (Lipinski definition) is 4. The third-order valence-electron chi connectivity index (χ3n) is 2.40. The Labute approximate surface area is 82.7 Å². The highest BCUT2D eigenvalue weighted by atomic mass is 16.5. The largest absolute Gasteiger partial charge is 0.484 e. The lowest BCUT2D eigenvalue weighted by Gasteiger charge is -2.32. The van der Waals surface area contributed by atoms with Crippen molar-refractivity contribution in [1.29, 1.82) is 0 Å². The predicted octanol–water partition coefficient (Wildman–Crippen LogP) is 0.823. The normalized spacial score (nSPS) is 24.7. The van der Waals surface area contributed by atoms with Crippen LogP contribution in [-0.2, 0) is 0 Å². The summed E-state index contributed by atoms with van der Waals surface area (Å²) < 4.78 is 5.58. The van der Waals surface area contributed by atoms with Gasteiger partial charge in [0.1, 0.15) is 11.9 Å². The zero-order valence-corrected chi connectivity index (χ0v) is 8.03. The van der Waals surface area contributed by atoms with E-state index in [-0.39, 0.29) is 18.8 Å². The maximum Gasteiger partial charge on any atom is 0.143 e. The summed E-state index contributed by atoms with van der Waals surface area (Å²) in [6.45, 7) is 1.98. The second-order valence-electron chi connectivity index (χ2n) is 3.53. The molecule has 1 aromatic carbocycles. The van der Waals surface area contributed by atoms with E-state index in [0.29, 0.717) is 5.69 Å². The van der Waals surface area contributed by atoms with Gasteiger partial charge < -0.3 is 20.9 Å². The van der Waals surface area contributed by atoms with Crippen molar-refractivity contribution in [3.63, 3.8) is 0 Å². The number of aliphatic hydroxyl groups is 1. The topological polar surface area (TPSA) is 67.5 Å². The standard InChI is InChI=1S/C10H14N2O2/c1-6-10(5-13)14-9-3-2-7(11)4-8(9)12-6/h2-4,6,10,12-13H,5,11H2,1H3. The first-order chi connectivity index (χ1) is 6.70. The number of ether oxygens (including phenoxy) is 1. The summed E-state index contributed by atoms with van der Waals surface area (Å²) in [7, 11) is 0. The Morgan fingerprint density at radius 2 is 2.36 bits per heavy atom. The molecule has 0 aliphatic carbocycles. The molecule has 0 radical (unpaired) electrons. The van der Waals surface area contributed by atoms with Crippen molar-refractivity contribution in [1.82, 2.24) is 0 Å². The molecule has 1 aromatic rings. The maximum atomic E-state index is 9.05. The number of aliphatic hydroxyl groups excluding tert-OH is 1. The van der Waals surface area contributed by atoms with E-state index in [2.05, 4.69) is 5.32 Å². The fraction of sp³-hybridized carbons (Fsp3) is 0.400. The van der Waals surface area contributed by atoms with Crippen LogP contribution in [0, 0.1) is 0 Å². The van der Waals surface area contributed by atoms with Gasteiger partial charge in [-0.1, -0.05) is 0 Å². The lowest BCUT2D eigenvalue weighted by atomic mass is 10.1. The average molecular weight is 194 g/mol. The summed E-state index contributed by atoms with van der Waals surface area (Å²) in [5.74, 6) is 0.747. The average Bonchev–Trinajstić information content (AvgIpc) is 2.16. The van der Waals surface area contributed by atoms with Gasteiger partial charge in [0.25, 0.3) is 0 Å². The lowest BCUT2D eigenvalue weighted by Crippen LogP contribution is -2.41. The summed E-state index contributed by atoms with van der Waals surface area (Å²) in [4.78, 5) is 0. The Hall–Kier alpha value is -1.42. The molecular formula is C10H14N2O2. The van der Waals surface area contributed by atoms with Crippen molar-refractivity contribution in [3.05, 3.63) is 18.2 Å². The van der Waals surface area contributed by atoms with Gasteiger partial charge in [-0.2, -0.15) is 0 Å². The second kappa shape index (κ2) is 3.38. The van der Waals surface area contributed by atoms with Crippen molar-refractivity contribution in [2.24, 2.45) is 0 Å². The van der Waals surface area contributed by atoms with Crippen LogP contribution in [0.4, 0.5) is 11.4 Å². The van der Waals surface area contributed by atoms with Gasteiger partial charge in [-0.3, -0.25) is 0 Å². The van der Waals surface area contributed by atoms with Crippen LogP contribution in [0.15, 0.2) is 18.2 Å². The first-order valence-corrected chi connectivity index (χ1v) is 4.64. The molecule has 1 heterocycles. The van der Waals surface area contributed by atoms with Crippen molar-refractivity contribution >= 4 is 11.4 Å². The second-order valence-corrected chi connectivity index (χ2v) is 3.53. The SMILES string of the molecule is CC1Nc2cc(N)ccc2OC1CO. The van der Waals surface area contributed by atoms with E-state index in [0.717, 1.165) is 11.4 Å². The summed E-state index contributed by atoms with van der Waals surface area (Å²) in [5.41, 5.74) is 7.24. The number of anilines is 2. The molecule has 76 valence electrons. The Balaban J connectivity index is 2.30. The van der Waals surface area contributed by atoms with Crippen LogP contribution in [0.5, 0.6) is 5.75 Å². The highest BCUT2D eigenvalue weighted by molar-refractivity contribution is 5.65. The van der Waals surface area contributed by atoms with E-state index in [9.17, 15) is 0 Å². The smallest absolute Gasteiger partial charge is 0.143 e. The van der Waals surface area contributed by atoms with Crippen LogP contribution in [0.3, 0.4) is 0 Å². The molecule has 0 aromatic heterocycles. The zero-order valence-electron chi connectivity index (χ0n) is 8.03. The van der Waals surface area contributed by atoms with Crippen molar-refractivity contribution in [2.75, 3.05) is 17.7 Å². The number of rotatable bonds is 1. The number of fused-ring (bicyclic) bond motifs is 1. The molecule has 2 atom stereocenters. The van der Waals surface area contributed by atoms with Crippen molar-refractivity contribution < 1.29 is 9.84 Å². The summed E-state index contributed by atoms with van der Waals surface area (Å²) in [5, 5.41) is 12.3. The zero-order chi connectivity index (χ0) is 10.1. The Morgan fingerprint density at radius 3 is 3.07 bits per heavy atom. The monoisotopic (exact) mass is 194 g/mol. The van der Waals surface area contributed by atoms with Crippen LogP contribution in [0.25, 0.3) is 0 Å². The molecule has 0 saturated heterocycles. The van der Waals surface area contributed by atoms with Gasteiger partial charge in [0.2, 0.25) is 0 Å². The minimum atomic E-state index is -0.189. The van der Waals surface area contributed by atoms with E-state index in [4.69, 9.17) is 15.6 Å². The molecule has 0 bridgehead atoms. The molecule has 0 spiro atoms. The molecule has 0 saturated carbocycles. The fourth-order valence-electron chi connectivity index (χ4n) is 1.56. The third kappa shape index (κ3) is 1.48. The Kier molecular flexibility index (Phi) is 2.21. The molecule has 2 unspecified atom stereocenters. The van der Waals surface area contributed by atoms with E-state index < -0.39 is 0 Å². The number of benzene rings is 1. The fourth-order valence-corrected chi connectivity index (χ4v) is 1.56. The number of nitrogens with one attached hydrogen (secondary N) is 1. The minimum absolute atomic E-state index is 0.0119. The molecule has 14 heavy (non-hydrogen) atoms. The number of nitrogens with two attached hydrogens (primary N) is 1. The van der Waals surface area contributed by atoms with Crippen LogP contribution in [-0.4, -0.2) is 23.9 Å². The van der Waals surface area contributed by atoms with Crippen LogP contribution >= 0.6 is 0 Å². The van der Waals surface area contributed by atoms with E-state index in [1.165, 1.54) is 0 Å². The quantitative estimate of drug-likeness (QED) is 0.579. The molecule has 4 N–H and O–H groups in total. The van der Waals surface area contributed by atoms with Crippen LogP contribution in [0.2, 0.25) is 0 Å². The molecule has 4 heteroatoms. The first-order valence-electron chi connectivity index (χ1n) is 4.64. The maximum absolute atomic E-state index is 9.05. The van der Waals surface area contributed by atoms with E-state index in [1.807, 2.05) is 19.1 Å². The van der Waals surface area contributed by atoms with Gasteiger partial charge in [-0.25, -0.2) is 0 Å². The Bertz CT molecular complexity index is 341. The van der Waals surface area contributed by atoms with E-state index >= 15 is 0 Å². The highest BCUT2D eigenvalue weighted by Gasteiger charge is 2.25.